The summed E-state index contributed by atoms with van der Waals surface area (Å²) in [7, 11) is 0. The summed E-state index contributed by atoms with van der Waals surface area (Å²) in [5.41, 5.74) is 2.59. The van der Waals surface area contributed by atoms with E-state index in [0.29, 0.717) is 22.7 Å². The number of aromatic amines is 1. The monoisotopic (exact) mass is 414 g/mol. The van der Waals surface area contributed by atoms with Crippen molar-refractivity contribution in [2.24, 2.45) is 0 Å². The molecule has 0 bridgehead atoms. The van der Waals surface area contributed by atoms with Crippen molar-refractivity contribution in [3.63, 3.8) is 0 Å². The molecule has 0 spiro atoms. The highest BCUT2D eigenvalue weighted by molar-refractivity contribution is 7.71. The first-order chi connectivity index (χ1) is 13.8. The smallest absolute Gasteiger partial charge is 0.222 e. The first kappa shape index (κ1) is 20.9. The van der Waals surface area contributed by atoms with Crippen molar-refractivity contribution in [1.29, 1.82) is 0 Å². The maximum atomic E-state index is 13.0. The van der Waals surface area contributed by atoms with Gasteiger partial charge in [0.25, 0.3) is 0 Å². The van der Waals surface area contributed by atoms with Gasteiger partial charge in [0.1, 0.15) is 5.82 Å². The molecule has 1 heterocycles. The molecule has 29 heavy (non-hydrogen) atoms. The summed E-state index contributed by atoms with van der Waals surface area (Å²) >= 11 is 5.30. The number of aryl methyl sites for hydroxylation is 1. The van der Waals surface area contributed by atoms with Crippen molar-refractivity contribution in [1.82, 2.24) is 20.1 Å². The molecule has 3 aromatic rings. The highest BCUT2D eigenvalue weighted by Gasteiger charge is 2.19. The minimum atomic E-state index is -0.932. The number of carbonyl (C=O) groups excluding carboxylic acids is 1. The number of nitrogens with one attached hydrogen (secondary N) is 2. The molecule has 0 unspecified atom stereocenters. The van der Waals surface area contributed by atoms with E-state index in [0.717, 1.165) is 11.1 Å². The quantitative estimate of drug-likeness (QED) is 0.515. The van der Waals surface area contributed by atoms with Crippen LogP contribution in [0.25, 0.3) is 11.4 Å². The standard InChI is InChI=1S/C21H23FN4O2S/c1-13-3-5-16(6-4-13)20-24-25-21(29)26(20)12-11-18(27)23-14(2)19(28)15-7-9-17(22)10-8-15/h3-10,14,19,28H,11-12H2,1-2H3,(H,23,27)(H,25,29)/t14-,19-/m1/s1. The number of carbonyl (C=O) groups is 1. The van der Waals surface area contributed by atoms with E-state index < -0.39 is 12.1 Å². The number of hydrogen-bond donors (Lipinski definition) is 3. The Morgan fingerprint density at radius 3 is 2.55 bits per heavy atom. The second-order valence-electron chi connectivity index (χ2n) is 6.97. The van der Waals surface area contributed by atoms with Gasteiger partial charge in [-0.25, -0.2) is 4.39 Å². The van der Waals surface area contributed by atoms with Gasteiger partial charge in [0.05, 0.1) is 12.1 Å². The number of hydrogen-bond acceptors (Lipinski definition) is 4. The van der Waals surface area contributed by atoms with Gasteiger partial charge in [0.15, 0.2) is 10.6 Å². The van der Waals surface area contributed by atoms with Gasteiger partial charge in [-0.3, -0.25) is 14.5 Å². The molecular weight excluding hydrogens is 391 g/mol. The first-order valence-electron chi connectivity index (χ1n) is 9.30. The summed E-state index contributed by atoms with van der Waals surface area (Å²) in [5.74, 6) is 0.0673. The molecule has 2 aromatic carbocycles. The summed E-state index contributed by atoms with van der Waals surface area (Å²) in [6.07, 6.45) is -0.758. The van der Waals surface area contributed by atoms with Crippen molar-refractivity contribution >= 4 is 18.1 Å². The van der Waals surface area contributed by atoms with Crippen LogP contribution in [0.5, 0.6) is 0 Å². The van der Waals surface area contributed by atoms with Crippen LogP contribution in [-0.4, -0.2) is 31.8 Å². The summed E-state index contributed by atoms with van der Waals surface area (Å²) in [6, 6.07) is 12.9. The SMILES string of the molecule is Cc1ccc(-c2n[nH]c(=S)n2CCC(=O)N[C@H](C)[C@@H](O)c2ccc(F)cc2)cc1. The van der Waals surface area contributed by atoms with Crippen molar-refractivity contribution < 1.29 is 14.3 Å². The van der Waals surface area contributed by atoms with E-state index in [1.807, 2.05) is 31.2 Å². The number of aliphatic hydroxyl groups is 1. The minimum absolute atomic E-state index is 0.174. The first-order valence-corrected chi connectivity index (χ1v) is 9.71. The van der Waals surface area contributed by atoms with E-state index in [4.69, 9.17) is 12.2 Å². The van der Waals surface area contributed by atoms with Gasteiger partial charge in [-0.15, -0.1) is 0 Å². The second-order valence-corrected chi connectivity index (χ2v) is 7.36. The Labute approximate surface area is 173 Å². The highest BCUT2D eigenvalue weighted by atomic mass is 32.1. The third-order valence-electron chi connectivity index (χ3n) is 4.70. The fourth-order valence-corrected chi connectivity index (χ4v) is 3.24. The molecular formula is C21H23FN4O2S. The molecule has 0 aliphatic carbocycles. The molecule has 0 saturated carbocycles. The average Bonchev–Trinajstić information content (AvgIpc) is 3.07. The van der Waals surface area contributed by atoms with E-state index in [2.05, 4.69) is 15.5 Å². The Bertz CT molecular complexity index is 1030. The fraction of sp³-hybridized carbons (Fsp3) is 0.286. The van der Waals surface area contributed by atoms with Crippen LogP contribution < -0.4 is 5.32 Å². The van der Waals surface area contributed by atoms with E-state index in [1.165, 1.54) is 24.3 Å². The number of rotatable bonds is 7. The Balaban J connectivity index is 1.62. The van der Waals surface area contributed by atoms with E-state index in [1.54, 1.807) is 11.5 Å². The van der Waals surface area contributed by atoms with Gasteiger partial charge in [-0.05, 0) is 43.8 Å². The lowest BCUT2D eigenvalue weighted by molar-refractivity contribution is -0.122. The minimum Gasteiger partial charge on any atom is -0.386 e. The third kappa shape index (κ3) is 5.16. The number of aliphatic hydroxyl groups excluding tert-OH is 1. The molecule has 2 atom stereocenters. The van der Waals surface area contributed by atoms with E-state index in [-0.39, 0.29) is 18.1 Å². The Morgan fingerprint density at radius 1 is 1.24 bits per heavy atom. The molecule has 0 radical (unpaired) electrons. The van der Waals surface area contributed by atoms with Crippen LogP contribution in [0.3, 0.4) is 0 Å². The Hall–Kier alpha value is -2.84. The van der Waals surface area contributed by atoms with Crippen LogP contribution in [0.2, 0.25) is 0 Å². The normalized spacial score (nSPS) is 13.1. The number of benzene rings is 2. The average molecular weight is 415 g/mol. The van der Waals surface area contributed by atoms with Crippen LogP contribution in [0.4, 0.5) is 4.39 Å². The molecule has 3 rings (SSSR count). The second kappa shape index (κ2) is 9.11. The molecule has 0 aliphatic rings. The molecule has 0 fully saturated rings. The lowest BCUT2D eigenvalue weighted by Crippen LogP contribution is -2.37. The molecule has 8 heteroatoms. The Kier molecular flexibility index (Phi) is 6.56. The number of amides is 1. The van der Waals surface area contributed by atoms with Gasteiger partial charge in [-0.1, -0.05) is 42.0 Å². The summed E-state index contributed by atoms with van der Waals surface area (Å²) in [6.45, 7) is 4.06. The van der Waals surface area contributed by atoms with Crippen LogP contribution in [0, 0.1) is 17.5 Å². The number of aromatic nitrogens is 3. The number of H-pyrrole nitrogens is 1. The molecule has 0 saturated heterocycles. The van der Waals surface area contributed by atoms with Crippen molar-refractivity contribution in [3.8, 4) is 11.4 Å². The van der Waals surface area contributed by atoms with Gasteiger partial charge >= 0.3 is 0 Å². The lowest BCUT2D eigenvalue weighted by atomic mass is 10.0. The van der Waals surface area contributed by atoms with Gasteiger partial charge in [-0.2, -0.15) is 5.10 Å². The van der Waals surface area contributed by atoms with Crippen LogP contribution >= 0.6 is 12.2 Å². The predicted molar refractivity (Wildman–Crippen MR) is 111 cm³/mol. The number of nitrogens with zero attached hydrogens (tertiary/aromatic N) is 2. The molecule has 0 aliphatic heterocycles. The molecule has 1 aromatic heterocycles. The number of halogens is 1. The third-order valence-corrected chi connectivity index (χ3v) is 5.02. The largest absolute Gasteiger partial charge is 0.386 e. The summed E-state index contributed by atoms with van der Waals surface area (Å²) in [4.78, 5) is 12.4. The Morgan fingerprint density at radius 2 is 1.90 bits per heavy atom. The maximum Gasteiger partial charge on any atom is 0.222 e. The fourth-order valence-electron chi connectivity index (χ4n) is 3.02. The lowest BCUT2D eigenvalue weighted by Gasteiger charge is -2.20. The van der Waals surface area contributed by atoms with Crippen molar-refractivity contribution in [2.45, 2.75) is 39.0 Å². The van der Waals surface area contributed by atoms with Crippen LogP contribution in [-0.2, 0) is 11.3 Å². The van der Waals surface area contributed by atoms with Crippen molar-refractivity contribution in [3.05, 3.63) is 70.2 Å². The predicted octanol–water partition coefficient (Wildman–Crippen LogP) is 3.68. The topological polar surface area (TPSA) is 82.9 Å². The zero-order chi connectivity index (χ0) is 21.0. The van der Waals surface area contributed by atoms with E-state index in [9.17, 15) is 14.3 Å². The molecule has 3 N–H and O–H groups in total. The molecule has 6 nitrogen and oxygen atoms in total. The van der Waals surface area contributed by atoms with Crippen LogP contribution in [0.1, 0.15) is 30.6 Å². The zero-order valence-electron chi connectivity index (χ0n) is 16.2. The highest BCUT2D eigenvalue weighted by Crippen LogP contribution is 2.19. The van der Waals surface area contributed by atoms with E-state index >= 15 is 0 Å². The summed E-state index contributed by atoms with van der Waals surface area (Å²) in [5, 5.41) is 20.2. The molecule has 1 amide bonds. The van der Waals surface area contributed by atoms with Gasteiger partial charge in [0, 0.05) is 18.5 Å². The van der Waals surface area contributed by atoms with Gasteiger partial charge in [0.2, 0.25) is 5.91 Å². The maximum absolute atomic E-state index is 13.0. The van der Waals surface area contributed by atoms with Gasteiger partial charge < -0.3 is 10.4 Å². The molecule has 152 valence electrons. The van der Waals surface area contributed by atoms with Crippen molar-refractivity contribution in [2.75, 3.05) is 0 Å². The summed E-state index contributed by atoms with van der Waals surface area (Å²) < 4.78 is 15.3. The van der Waals surface area contributed by atoms with Crippen LogP contribution in [0.15, 0.2) is 48.5 Å². The zero-order valence-corrected chi connectivity index (χ0v) is 17.0.